The Hall–Kier alpha value is -1.59. The van der Waals surface area contributed by atoms with E-state index >= 15 is 0 Å². The van der Waals surface area contributed by atoms with Gasteiger partial charge in [-0.1, -0.05) is 12.1 Å². The van der Waals surface area contributed by atoms with Gasteiger partial charge in [-0.05, 0) is 38.5 Å². The Labute approximate surface area is 139 Å². The van der Waals surface area contributed by atoms with Gasteiger partial charge in [-0.2, -0.15) is 0 Å². The first-order valence-electron chi connectivity index (χ1n) is 8.31. The fourth-order valence-electron chi connectivity index (χ4n) is 2.95. The number of carbonyl (C=O) groups is 1. The van der Waals surface area contributed by atoms with Gasteiger partial charge >= 0.3 is 0 Å². The third kappa shape index (κ3) is 5.52. The highest BCUT2D eigenvalue weighted by Crippen LogP contribution is 2.14. The van der Waals surface area contributed by atoms with E-state index in [0.29, 0.717) is 19.7 Å². The minimum Gasteiger partial charge on any atom is -0.494 e. The summed E-state index contributed by atoms with van der Waals surface area (Å²) < 4.78 is 11.1. The van der Waals surface area contributed by atoms with Gasteiger partial charge in [-0.15, -0.1) is 0 Å². The summed E-state index contributed by atoms with van der Waals surface area (Å²) in [4.78, 5) is 16.4. The highest BCUT2D eigenvalue weighted by molar-refractivity contribution is 5.78. The van der Waals surface area contributed by atoms with Crippen LogP contribution >= 0.6 is 0 Å². The van der Waals surface area contributed by atoms with Crippen molar-refractivity contribution in [2.45, 2.75) is 39.5 Å². The van der Waals surface area contributed by atoms with Crippen LogP contribution in [0.3, 0.4) is 0 Å². The van der Waals surface area contributed by atoms with Crippen molar-refractivity contribution in [3.63, 3.8) is 0 Å². The van der Waals surface area contributed by atoms with Crippen LogP contribution in [0, 0.1) is 0 Å². The molecule has 1 amide bonds. The van der Waals surface area contributed by atoms with Crippen molar-refractivity contribution >= 4 is 5.91 Å². The monoisotopic (exact) mass is 320 g/mol. The van der Waals surface area contributed by atoms with Crippen molar-refractivity contribution in [2.75, 3.05) is 33.3 Å². The second kappa shape index (κ2) is 8.31. The maximum atomic E-state index is 12.4. The van der Waals surface area contributed by atoms with Gasteiger partial charge in [0.2, 0.25) is 5.91 Å². The second-order valence-electron chi connectivity index (χ2n) is 6.28. The van der Waals surface area contributed by atoms with Crippen LogP contribution in [0.5, 0.6) is 5.75 Å². The molecule has 1 fully saturated rings. The summed E-state index contributed by atoms with van der Waals surface area (Å²) in [7, 11) is 1.85. The zero-order valence-electron chi connectivity index (χ0n) is 14.6. The Morgan fingerprint density at radius 2 is 1.87 bits per heavy atom. The molecule has 23 heavy (non-hydrogen) atoms. The van der Waals surface area contributed by atoms with Crippen LogP contribution in [-0.4, -0.2) is 61.2 Å². The van der Waals surface area contributed by atoms with Crippen LogP contribution in [0.4, 0.5) is 0 Å². The molecule has 1 heterocycles. The highest BCUT2D eigenvalue weighted by Gasteiger charge is 2.24. The van der Waals surface area contributed by atoms with Gasteiger partial charge in [-0.3, -0.25) is 9.69 Å². The Kier molecular flexibility index (Phi) is 6.42. The number of hydrogen-bond donors (Lipinski definition) is 0. The van der Waals surface area contributed by atoms with Gasteiger partial charge in [0.1, 0.15) is 5.75 Å². The number of morpholine rings is 1. The molecule has 128 valence electrons. The van der Waals surface area contributed by atoms with Gasteiger partial charge in [0.25, 0.3) is 0 Å². The van der Waals surface area contributed by atoms with E-state index in [0.717, 1.165) is 24.4 Å². The first-order chi connectivity index (χ1) is 11.0. The fraction of sp³-hybridized carbons (Fsp3) is 0.611. The molecule has 1 aliphatic heterocycles. The van der Waals surface area contributed by atoms with E-state index in [2.05, 4.69) is 18.7 Å². The van der Waals surface area contributed by atoms with Gasteiger partial charge in [0.05, 0.1) is 25.4 Å². The van der Waals surface area contributed by atoms with Crippen LogP contribution in [-0.2, 0) is 16.1 Å². The molecule has 0 aliphatic carbocycles. The topological polar surface area (TPSA) is 42.0 Å². The molecule has 0 radical (unpaired) electrons. The second-order valence-corrected chi connectivity index (χ2v) is 6.28. The fourth-order valence-corrected chi connectivity index (χ4v) is 2.95. The van der Waals surface area contributed by atoms with E-state index in [1.807, 2.05) is 38.2 Å². The Bertz CT molecular complexity index is 493. The van der Waals surface area contributed by atoms with Crippen LogP contribution in [0.2, 0.25) is 0 Å². The zero-order valence-corrected chi connectivity index (χ0v) is 14.6. The van der Waals surface area contributed by atoms with Crippen molar-refractivity contribution in [3.8, 4) is 5.75 Å². The van der Waals surface area contributed by atoms with Crippen LogP contribution in [0.1, 0.15) is 26.3 Å². The maximum absolute atomic E-state index is 12.4. The van der Waals surface area contributed by atoms with E-state index < -0.39 is 0 Å². The molecule has 2 atom stereocenters. The highest BCUT2D eigenvalue weighted by atomic mass is 16.5. The first-order valence-corrected chi connectivity index (χ1v) is 8.31. The van der Waals surface area contributed by atoms with Gasteiger partial charge in [0.15, 0.2) is 0 Å². The number of amides is 1. The Morgan fingerprint density at radius 3 is 2.43 bits per heavy atom. The average Bonchev–Trinajstić information content (AvgIpc) is 2.48. The van der Waals surface area contributed by atoms with Crippen molar-refractivity contribution < 1.29 is 14.3 Å². The molecule has 2 unspecified atom stereocenters. The molecule has 1 aromatic carbocycles. The van der Waals surface area contributed by atoms with Crippen LogP contribution in [0.25, 0.3) is 0 Å². The summed E-state index contributed by atoms with van der Waals surface area (Å²) in [5.74, 6) is 1.00. The zero-order chi connectivity index (χ0) is 16.8. The molecule has 1 aliphatic rings. The molecule has 5 nitrogen and oxygen atoms in total. The largest absolute Gasteiger partial charge is 0.494 e. The number of likely N-dealkylation sites (N-methyl/N-ethyl adjacent to an activating group) is 1. The lowest BCUT2D eigenvalue weighted by molar-refractivity contribution is -0.135. The quantitative estimate of drug-likeness (QED) is 0.805. The smallest absolute Gasteiger partial charge is 0.236 e. The summed E-state index contributed by atoms with van der Waals surface area (Å²) in [5, 5.41) is 0. The van der Waals surface area contributed by atoms with Crippen molar-refractivity contribution in [1.82, 2.24) is 9.80 Å². The Morgan fingerprint density at radius 1 is 1.26 bits per heavy atom. The number of rotatable bonds is 6. The minimum atomic E-state index is 0.139. The molecular weight excluding hydrogens is 292 g/mol. The molecular formula is C18H28N2O3. The molecule has 0 bridgehead atoms. The Balaban J connectivity index is 1.84. The third-order valence-corrected chi connectivity index (χ3v) is 3.93. The predicted molar refractivity (Wildman–Crippen MR) is 90.5 cm³/mol. The summed E-state index contributed by atoms with van der Waals surface area (Å²) >= 11 is 0. The van der Waals surface area contributed by atoms with E-state index in [4.69, 9.17) is 9.47 Å². The lowest BCUT2D eigenvalue weighted by Gasteiger charge is -2.35. The van der Waals surface area contributed by atoms with E-state index in [1.165, 1.54) is 0 Å². The molecule has 0 N–H and O–H groups in total. The summed E-state index contributed by atoms with van der Waals surface area (Å²) in [6.07, 6.45) is 0.367. The van der Waals surface area contributed by atoms with E-state index in [9.17, 15) is 4.79 Å². The number of ether oxygens (including phenoxy) is 2. The average molecular weight is 320 g/mol. The lowest BCUT2D eigenvalue weighted by atomic mass is 10.2. The molecule has 5 heteroatoms. The van der Waals surface area contributed by atoms with Gasteiger partial charge < -0.3 is 14.4 Å². The number of hydrogen-bond acceptors (Lipinski definition) is 4. The number of nitrogens with zero attached hydrogens (tertiary/aromatic N) is 2. The summed E-state index contributed by atoms with van der Waals surface area (Å²) in [5.41, 5.74) is 1.10. The standard InChI is InChI=1S/C18H28N2O3/c1-5-22-17-8-6-16(7-9-17)12-19(4)18(21)13-20-10-14(2)23-15(3)11-20/h6-9,14-15H,5,10-13H2,1-4H3. The van der Waals surface area contributed by atoms with E-state index in [-0.39, 0.29) is 18.1 Å². The molecule has 0 aromatic heterocycles. The number of benzene rings is 1. The predicted octanol–water partition coefficient (Wildman–Crippen LogP) is 2.15. The molecule has 0 spiro atoms. The SMILES string of the molecule is CCOc1ccc(CN(C)C(=O)CN2CC(C)OC(C)C2)cc1. The molecule has 0 saturated carbocycles. The normalized spacial score (nSPS) is 21.9. The van der Waals surface area contributed by atoms with Gasteiger partial charge in [-0.25, -0.2) is 0 Å². The first kappa shape index (κ1) is 17.8. The van der Waals surface area contributed by atoms with Crippen molar-refractivity contribution in [2.24, 2.45) is 0 Å². The van der Waals surface area contributed by atoms with Gasteiger partial charge in [0, 0.05) is 26.7 Å². The van der Waals surface area contributed by atoms with Crippen LogP contribution < -0.4 is 4.74 Å². The molecule has 2 rings (SSSR count). The van der Waals surface area contributed by atoms with Crippen LogP contribution in [0.15, 0.2) is 24.3 Å². The maximum Gasteiger partial charge on any atom is 0.236 e. The third-order valence-electron chi connectivity index (χ3n) is 3.93. The summed E-state index contributed by atoms with van der Waals surface area (Å²) in [6.45, 7) is 9.42. The van der Waals surface area contributed by atoms with E-state index in [1.54, 1.807) is 4.90 Å². The summed E-state index contributed by atoms with van der Waals surface area (Å²) in [6, 6.07) is 7.91. The molecule has 1 aromatic rings. The molecule has 1 saturated heterocycles. The van der Waals surface area contributed by atoms with Crippen molar-refractivity contribution in [3.05, 3.63) is 29.8 Å². The van der Waals surface area contributed by atoms with Crippen molar-refractivity contribution in [1.29, 1.82) is 0 Å². The number of carbonyl (C=O) groups excluding carboxylic acids is 1. The minimum absolute atomic E-state index is 0.139. The lowest BCUT2D eigenvalue weighted by Crippen LogP contribution is -2.49.